The van der Waals surface area contributed by atoms with Crippen LogP contribution in [0.1, 0.15) is 43.2 Å². The van der Waals surface area contributed by atoms with Crippen molar-refractivity contribution in [2.24, 2.45) is 0 Å². The fraction of sp³-hybridized carbons (Fsp3) is 0.105. The van der Waals surface area contributed by atoms with Crippen molar-refractivity contribution in [3.63, 3.8) is 0 Å². The van der Waals surface area contributed by atoms with Gasteiger partial charge in [-0.2, -0.15) is 0 Å². The fourth-order valence-corrected chi connectivity index (χ4v) is 10.7. The van der Waals surface area contributed by atoms with Crippen molar-refractivity contribution >= 4 is 43.7 Å². The van der Waals surface area contributed by atoms with Gasteiger partial charge >= 0.3 is 0 Å². The highest BCUT2D eigenvalue weighted by Crippen LogP contribution is 2.57. The minimum absolute atomic E-state index is 0.0493. The zero-order valence-corrected chi connectivity index (χ0v) is 34.1. The van der Waals surface area contributed by atoms with Crippen molar-refractivity contribution in [2.75, 3.05) is 0 Å². The molecule has 2 aliphatic rings. The third kappa shape index (κ3) is 5.37. The minimum atomic E-state index is 0.0493. The molecule has 13 rings (SSSR count). The molecule has 1 fully saturated rings. The molecular formula is C57H40N4O. The van der Waals surface area contributed by atoms with E-state index in [1.54, 1.807) is 0 Å². The molecule has 1 saturated carbocycles. The number of benzene rings is 8. The lowest BCUT2D eigenvalue weighted by molar-refractivity contribution is 0.353. The van der Waals surface area contributed by atoms with E-state index in [4.69, 9.17) is 19.4 Å². The number of nitrogens with zero attached hydrogens (tertiary/aromatic N) is 4. The molecule has 0 N–H and O–H groups in total. The molecular weight excluding hydrogens is 757 g/mol. The summed E-state index contributed by atoms with van der Waals surface area (Å²) in [4.78, 5) is 15.0. The summed E-state index contributed by atoms with van der Waals surface area (Å²) < 4.78 is 8.92. The first-order valence-electron chi connectivity index (χ1n) is 21.8. The van der Waals surface area contributed by atoms with E-state index in [0.29, 0.717) is 17.5 Å². The van der Waals surface area contributed by atoms with Crippen LogP contribution >= 0.6 is 0 Å². The van der Waals surface area contributed by atoms with Gasteiger partial charge in [-0.1, -0.05) is 147 Å². The van der Waals surface area contributed by atoms with E-state index in [-0.39, 0.29) is 5.41 Å². The predicted octanol–water partition coefficient (Wildman–Crippen LogP) is 14.8. The van der Waals surface area contributed by atoms with Gasteiger partial charge in [0.05, 0.1) is 11.0 Å². The van der Waals surface area contributed by atoms with Crippen LogP contribution in [0.3, 0.4) is 0 Å². The van der Waals surface area contributed by atoms with Gasteiger partial charge in [0.2, 0.25) is 0 Å². The lowest BCUT2D eigenvalue weighted by atomic mass is 9.68. The van der Waals surface area contributed by atoms with Crippen LogP contribution in [0.4, 0.5) is 0 Å². The molecule has 1 spiro atoms. The Labute approximate surface area is 359 Å². The zero-order chi connectivity index (χ0) is 40.8. The topological polar surface area (TPSA) is 56.7 Å². The summed E-state index contributed by atoms with van der Waals surface area (Å²) in [6.07, 6.45) is 6.20. The summed E-state index contributed by atoms with van der Waals surface area (Å²) in [7, 11) is 0. The summed E-state index contributed by atoms with van der Waals surface area (Å²) in [6, 6.07) is 65.2. The molecule has 0 amide bonds. The van der Waals surface area contributed by atoms with Gasteiger partial charge in [-0.15, -0.1) is 0 Å². The maximum absolute atomic E-state index is 6.47. The Morgan fingerprint density at radius 3 is 1.81 bits per heavy atom. The lowest BCUT2D eigenvalue weighted by Gasteiger charge is -2.36. The van der Waals surface area contributed by atoms with E-state index in [1.807, 2.05) is 42.5 Å². The molecule has 0 unspecified atom stereocenters. The molecule has 62 heavy (non-hydrogen) atoms. The molecule has 0 aliphatic heterocycles. The van der Waals surface area contributed by atoms with Crippen molar-refractivity contribution in [2.45, 2.75) is 37.5 Å². The number of para-hydroxylation sites is 1. The average Bonchev–Trinajstić information content (AvgIpc) is 3.96. The van der Waals surface area contributed by atoms with Crippen LogP contribution in [-0.2, 0) is 5.41 Å². The number of fused-ring (bicyclic) bond motifs is 11. The number of hydrogen-bond acceptors (Lipinski definition) is 4. The quantitative estimate of drug-likeness (QED) is 0.174. The summed E-state index contributed by atoms with van der Waals surface area (Å²) in [5.41, 5.74) is 16.2. The Bertz CT molecular complexity index is 3500. The molecule has 2 aliphatic carbocycles. The smallest absolute Gasteiger partial charge is 0.164 e. The first-order valence-corrected chi connectivity index (χ1v) is 21.8. The van der Waals surface area contributed by atoms with Gasteiger partial charge in [-0.3, -0.25) is 0 Å². The monoisotopic (exact) mass is 796 g/mol. The van der Waals surface area contributed by atoms with Gasteiger partial charge < -0.3 is 8.98 Å². The molecule has 11 aromatic rings. The number of furan rings is 1. The SMILES string of the molecule is c1ccc(-c2nc(-c3ccccc3)nc(-c3cccc(-c4ccc5c(c4)c4cc6c(cc4n5-c4ccc5c(c4)oc4ccccc45)-c4ccccc4C64CCCCC4)c3)n2)cc1. The molecule has 8 aromatic carbocycles. The van der Waals surface area contributed by atoms with Gasteiger partial charge in [0, 0.05) is 55.4 Å². The van der Waals surface area contributed by atoms with Crippen LogP contribution in [-0.4, -0.2) is 19.5 Å². The first kappa shape index (κ1) is 35.2. The maximum Gasteiger partial charge on any atom is 0.164 e. The van der Waals surface area contributed by atoms with Crippen LogP contribution in [0.5, 0.6) is 0 Å². The maximum atomic E-state index is 6.47. The molecule has 3 aromatic heterocycles. The van der Waals surface area contributed by atoms with Crippen molar-refractivity contribution in [3.8, 4) is 62.1 Å². The highest BCUT2D eigenvalue weighted by Gasteiger charge is 2.44. The highest BCUT2D eigenvalue weighted by atomic mass is 16.3. The van der Waals surface area contributed by atoms with Crippen LogP contribution in [0.2, 0.25) is 0 Å². The van der Waals surface area contributed by atoms with Gasteiger partial charge in [-0.05, 0) is 94.8 Å². The minimum Gasteiger partial charge on any atom is -0.456 e. The van der Waals surface area contributed by atoms with E-state index >= 15 is 0 Å². The lowest BCUT2D eigenvalue weighted by Crippen LogP contribution is -2.27. The van der Waals surface area contributed by atoms with Crippen molar-refractivity contribution in [3.05, 3.63) is 193 Å². The zero-order valence-electron chi connectivity index (χ0n) is 34.1. The van der Waals surface area contributed by atoms with Gasteiger partial charge in [-0.25, -0.2) is 15.0 Å². The molecule has 3 heterocycles. The third-order valence-corrected chi connectivity index (χ3v) is 13.6. The van der Waals surface area contributed by atoms with Crippen LogP contribution in [0.25, 0.3) is 106 Å². The second-order valence-corrected chi connectivity index (χ2v) is 17.1. The Hall–Kier alpha value is -7.63. The number of aromatic nitrogens is 4. The molecule has 0 bridgehead atoms. The number of hydrogen-bond donors (Lipinski definition) is 0. The molecule has 0 saturated heterocycles. The molecule has 0 radical (unpaired) electrons. The fourth-order valence-electron chi connectivity index (χ4n) is 10.7. The summed E-state index contributed by atoms with van der Waals surface area (Å²) in [5.74, 6) is 1.95. The second-order valence-electron chi connectivity index (χ2n) is 17.1. The van der Waals surface area contributed by atoms with Crippen LogP contribution < -0.4 is 0 Å². The Balaban J connectivity index is 1.01. The Morgan fingerprint density at radius 1 is 0.387 bits per heavy atom. The molecule has 5 nitrogen and oxygen atoms in total. The van der Waals surface area contributed by atoms with Gasteiger partial charge in [0.25, 0.3) is 0 Å². The summed E-state index contributed by atoms with van der Waals surface area (Å²) in [6.45, 7) is 0. The average molecular weight is 797 g/mol. The van der Waals surface area contributed by atoms with E-state index in [0.717, 1.165) is 55.4 Å². The summed E-state index contributed by atoms with van der Waals surface area (Å²) in [5, 5.41) is 4.78. The van der Waals surface area contributed by atoms with Crippen molar-refractivity contribution < 1.29 is 4.42 Å². The predicted molar refractivity (Wildman–Crippen MR) is 252 cm³/mol. The van der Waals surface area contributed by atoms with Crippen LogP contribution in [0, 0.1) is 0 Å². The number of rotatable bonds is 5. The van der Waals surface area contributed by atoms with Crippen molar-refractivity contribution in [1.82, 2.24) is 19.5 Å². The highest BCUT2D eigenvalue weighted by molar-refractivity contribution is 6.13. The molecule has 5 heteroatoms. The van der Waals surface area contributed by atoms with Crippen molar-refractivity contribution in [1.29, 1.82) is 0 Å². The third-order valence-electron chi connectivity index (χ3n) is 13.6. The van der Waals surface area contributed by atoms with E-state index in [9.17, 15) is 0 Å². The largest absolute Gasteiger partial charge is 0.456 e. The van der Waals surface area contributed by atoms with E-state index < -0.39 is 0 Å². The first-order chi connectivity index (χ1) is 30.7. The standard InChI is InChI=1S/C57H40N4O/c1-4-15-36(16-5-1)54-58-55(37-17-6-2-7-18-37)60-56(59-54)40-20-14-19-38(31-40)39-25-28-50-46(32-39)47-34-49-45(42-21-8-10-23-48(42)57(49)29-12-3-13-30-57)35-51(47)61(50)41-26-27-44-43-22-9-11-24-52(43)62-53(44)33-41/h1-2,4-11,14-28,31-35H,3,12-13,29-30H2. The second kappa shape index (κ2) is 13.7. The van der Waals surface area contributed by atoms with E-state index in [2.05, 4.69) is 144 Å². The molecule has 294 valence electrons. The van der Waals surface area contributed by atoms with E-state index in [1.165, 1.54) is 76.2 Å². The Kier molecular flexibility index (Phi) is 7.77. The van der Waals surface area contributed by atoms with Gasteiger partial charge in [0.15, 0.2) is 17.5 Å². The summed E-state index contributed by atoms with van der Waals surface area (Å²) >= 11 is 0. The van der Waals surface area contributed by atoms with Gasteiger partial charge in [0.1, 0.15) is 11.2 Å². The Morgan fingerprint density at radius 2 is 1.02 bits per heavy atom. The normalized spacial score (nSPS) is 14.3. The molecule has 0 atom stereocenters. The van der Waals surface area contributed by atoms with Crippen LogP contribution in [0.15, 0.2) is 186 Å².